The highest BCUT2D eigenvalue weighted by molar-refractivity contribution is 6.07. The fraction of sp³-hybridized carbons (Fsp3) is 0.500. The zero-order valence-corrected chi connectivity index (χ0v) is 12.8. The van der Waals surface area contributed by atoms with E-state index >= 15 is 0 Å². The molecule has 0 unspecified atom stereocenters. The van der Waals surface area contributed by atoms with Crippen molar-refractivity contribution in [2.45, 2.75) is 25.5 Å². The molecule has 2 fully saturated rings. The summed E-state index contributed by atoms with van der Waals surface area (Å²) in [6.45, 7) is 5.33. The minimum Gasteiger partial charge on any atom is -0.376 e. The molecular weight excluding hydrogens is 284 g/mol. The predicted molar refractivity (Wildman–Crippen MR) is 79.3 cm³/mol. The summed E-state index contributed by atoms with van der Waals surface area (Å²) in [5.74, 6) is -0.249. The van der Waals surface area contributed by atoms with Crippen LogP contribution in [0.15, 0.2) is 24.3 Å². The molecule has 118 valence electrons. The number of nitrogens with one attached hydrogen (secondary N) is 1. The van der Waals surface area contributed by atoms with E-state index in [9.17, 15) is 9.59 Å². The van der Waals surface area contributed by atoms with Crippen LogP contribution in [0.4, 0.5) is 4.79 Å². The number of amides is 3. The van der Waals surface area contributed by atoms with E-state index in [4.69, 9.17) is 9.47 Å². The lowest BCUT2D eigenvalue weighted by Gasteiger charge is -2.27. The third-order valence-corrected chi connectivity index (χ3v) is 4.23. The Kier molecular flexibility index (Phi) is 3.88. The van der Waals surface area contributed by atoms with Crippen LogP contribution in [-0.4, -0.2) is 49.3 Å². The maximum absolute atomic E-state index is 12.8. The third kappa shape index (κ3) is 2.48. The molecule has 6 heteroatoms. The number of hydrogen-bond acceptors (Lipinski definition) is 4. The first-order valence-electron chi connectivity index (χ1n) is 7.42. The number of urea groups is 1. The number of imide groups is 1. The standard InChI is InChI=1S/C16H20N2O4/c1-11-5-3-4-6-13(11)16(2)14(19)18(15(20)17-16)9-12-10-21-7-8-22-12/h3-6,12H,7-10H2,1-2H3,(H,17,20)/t12-,16-/m0/s1. The van der Waals surface area contributed by atoms with Crippen LogP contribution in [0.5, 0.6) is 0 Å². The normalized spacial score (nSPS) is 28.8. The van der Waals surface area contributed by atoms with E-state index in [2.05, 4.69) is 5.32 Å². The van der Waals surface area contributed by atoms with Gasteiger partial charge >= 0.3 is 6.03 Å². The molecule has 3 amide bonds. The Labute approximate surface area is 129 Å². The highest BCUT2D eigenvalue weighted by atomic mass is 16.6. The number of hydrogen-bond donors (Lipinski definition) is 1. The first-order chi connectivity index (χ1) is 10.5. The molecule has 0 aliphatic carbocycles. The minimum absolute atomic E-state index is 0.214. The summed E-state index contributed by atoms with van der Waals surface area (Å²) in [6, 6.07) is 7.20. The van der Waals surface area contributed by atoms with Crippen LogP contribution in [0.2, 0.25) is 0 Å². The Hall–Kier alpha value is -1.92. The van der Waals surface area contributed by atoms with Gasteiger partial charge in [-0.3, -0.25) is 9.69 Å². The molecule has 2 heterocycles. The molecule has 2 saturated heterocycles. The van der Waals surface area contributed by atoms with Crippen LogP contribution in [0.1, 0.15) is 18.1 Å². The second-order valence-corrected chi connectivity index (χ2v) is 5.85. The molecule has 0 aromatic heterocycles. The molecular formula is C16H20N2O4. The number of aryl methyl sites for hydroxylation is 1. The van der Waals surface area contributed by atoms with Gasteiger partial charge in [-0.1, -0.05) is 24.3 Å². The van der Waals surface area contributed by atoms with Gasteiger partial charge < -0.3 is 14.8 Å². The summed E-state index contributed by atoms with van der Waals surface area (Å²) in [5, 5.41) is 2.82. The smallest absolute Gasteiger partial charge is 0.325 e. The van der Waals surface area contributed by atoms with Crippen molar-refractivity contribution in [3.05, 3.63) is 35.4 Å². The van der Waals surface area contributed by atoms with E-state index in [0.29, 0.717) is 19.8 Å². The lowest BCUT2D eigenvalue weighted by Crippen LogP contribution is -2.44. The Bertz CT molecular complexity index is 598. The summed E-state index contributed by atoms with van der Waals surface area (Å²) in [7, 11) is 0. The topological polar surface area (TPSA) is 67.9 Å². The number of carbonyl (C=O) groups is 2. The molecule has 0 spiro atoms. The lowest BCUT2D eigenvalue weighted by atomic mass is 9.88. The number of benzene rings is 1. The molecule has 2 atom stereocenters. The molecule has 2 aliphatic rings. The van der Waals surface area contributed by atoms with Crippen molar-refractivity contribution in [1.29, 1.82) is 0 Å². The van der Waals surface area contributed by atoms with Gasteiger partial charge in [-0.05, 0) is 25.0 Å². The maximum atomic E-state index is 12.8. The number of nitrogens with zero attached hydrogens (tertiary/aromatic N) is 1. The summed E-state index contributed by atoms with van der Waals surface area (Å²) in [5.41, 5.74) is 0.757. The molecule has 0 bridgehead atoms. The van der Waals surface area contributed by atoms with E-state index in [-0.39, 0.29) is 24.6 Å². The van der Waals surface area contributed by atoms with Gasteiger partial charge in [0, 0.05) is 0 Å². The second kappa shape index (κ2) is 5.70. The van der Waals surface area contributed by atoms with Gasteiger partial charge in [-0.2, -0.15) is 0 Å². The van der Waals surface area contributed by atoms with Crippen molar-refractivity contribution >= 4 is 11.9 Å². The van der Waals surface area contributed by atoms with Gasteiger partial charge in [-0.25, -0.2) is 4.79 Å². The van der Waals surface area contributed by atoms with E-state index in [0.717, 1.165) is 11.1 Å². The Morgan fingerprint density at radius 3 is 2.77 bits per heavy atom. The Balaban J connectivity index is 1.83. The minimum atomic E-state index is -1.03. The van der Waals surface area contributed by atoms with Crippen molar-refractivity contribution in [3.63, 3.8) is 0 Å². The van der Waals surface area contributed by atoms with Crippen LogP contribution in [0.25, 0.3) is 0 Å². The molecule has 22 heavy (non-hydrogen) atoms. The Morgan fingerprint density at radius 2 is 2.09 bits per heavy atom. The number of rotatable bonds is 3. The molecule has 1 N–H and O–H groups in total. The van der Waals surface area contributed by atoms with Crippen LogP contribution >= 0.6 is 0 Å². The fourth-order valence-corrected chi connectivity index (χ4v) is 3.02. The van der Waals surface area contributed by atoms with E-state index in [1.807, 2.05) is 31.2 Å². The van der Waals surface area contributed by atoms with Crippen LogP contribution in [0, 0.1) is 6.92 Å². The molecule has 6 nitrogen and oxygen atoms in total. The largest absolute Gasteiger partial charge is 0.376 e. The molecule has 0 radical (unpaired) electrons. The van der Waals surface area contributed by atoms with E-state index in [1.165, 1.54) is 4.90 Å². The third-order valence-electron chi connectivity index (χ3n) is 4.23. The SMILES string of the molecule is Cc1ccccc1[C@]1(C)NC(=O)N(C[C@H]2COCCO2)C1=O. The van der Waals surface area contributed by atoms with E-state index in [1.54, 1.807) is 6.92 Å². The highest BCUT2D eigenvalue weighted by Gasteiger charge is 2.50. The molecule has 1 aromatic carbocycles. The average molecular weight is 304 g/mol. The monoisotopic (exact) mass is 304 g/mol. The van der Waals surface area contributed by atoms with Crippen LogP contribution in [0.3, 0.4) is 0 Å². The number of ether oxygens (including phenoxy) is 2. The second-order valence-electron chi connectivity index (χ2n) is 5.85. The quantitative estimate of drug-likeness (QED) is 0.852. The first kappa shape index (κ1) is 15.0. The number of carbonyl (C=O) groups excluding carboxylic acids is 2. The summed E-state index contributed by atoms with van der Waals surface area (Å²) in [4.78, 5) is 26.3. The van der Waals surface area contributed by atoms with Crippen molar-refractivity contribution < 1.29 is 19.1 Å². The fourth-order valence-electron chi connectivity index (χ4n) is 3.02. The molecule has 0 saturated carbocycles. The maximum Gasteiger partial charge on any atom is 0.325 e. The average Bonchev–Trinajstić information content (AvgIpc) is 2.73. The van der Waals surface area contributed by atoms with Crippen molar-refractivity contribution in [3.8, 4) is 0 Å². The van der Waals surface area contributed by atoms with Gasteiger partial charge in [-0.15, -0.1) is 0 Å². The predicted octanol–water partition coefficient (Wildman–Crippen LogP) is 1.18. The lowest BCUT2D eigenvalue weighted by molar-refractivity contribution is -0.136. The zero-order valence-electron chi connectivity index (χ0n) is 12.8. The van der Waals surface area contributed by atoms with E-state index < -0.39 is 5.54 Å². The van der Waals surface area contributed by atoms with Gasteiger partial charge in [0.15, 0.2) is 0 Å². The first-order valence-corrected chi connectivity index (χ1v) is 7.42. The summed E-state index contributed by atoms with van der Waals surface area (Å²) < 4.78 is 10.9. The highest BCUT2D eigenvalue weighted by Crippen LogP contribution is 2.31. The Morgan fingerprint density at radius 1 is 1.32 bits per heavy atom. The van der Waals surface area contributed by atoms with Gasteiger partial charge in [0.2, 0.25) is 0 Å². The molecule has 2 aliphatic heterocycles. The van der Waals surface area contributed by atoms with Crippen molar-refractivity contribution in [1.82, 2.24) is 10.2 Å². The van der Waals surface area contributed by atoms with Crippen molar-refractivity contribution in [2.24, 2.45) is 0 Å². The molecule has 3 rings (SSSR count). The van der Waals surface area contributed by atoms with Crippen LogP contribution < -0.4 is 5.32 Å². The van der Waals surface area contributed by atoms with Gasteiger partial charge in [0.05, 0.1) is 32.5 Å². The zero-order chi connectivity index (χ0) is 15.7. The molecule has 1 aromatic rings. The van der Waals surface area contributed by atoms with Crippen molar-refractivity contribution in [2.75, 3.05) is 26.4 Å². The van der Waals surface area contributed by atoms with Gasteiger partial charge in [0.25, 0.3) is 5.91 Å². The summed E-state index contributed by atoms with van der Waals surface area (Å²) >= 11 is 0. The van der Waals surface area contributed by atoms with Crippen LogP contribution in [-0.2, 0) is 19.8 Å². The van der Waals surface area contributed by atoms with Gasteiger partial charge in [0.1, 0.15) is 5.54 Å². The summed E-state index contributed by atoms with van der Waals surface area (Å²) in [6.07, 6.45) is -0.261.